The molecule has 6 heteroatoms. The number of rotatable bonds is 4. The summed E-state index contributed by atoms with van der Waals surface area (Å²) in [4.78, 5) is 3.69. The summed E-state index contributed by atoms with van der Waals surface area (Å²) in [5, 5.41) is 9.04. The maximum Gasteiger partial charge on any atom is 0.203 e. The Bertz CT molecular complexity index is 128. The molecule has 0 fully saturated rings. The van der Waals surface area contributed by atoms with Gasteiger partial charge < -0.3 is 15.6 Å². The van der Waals surface area contributed by atoms with Gasteiger partial charge in [0, 0.05) is 7.11 Å². The number of aliphatic imine (C=N–C) groups is 1. The van der Waals surface area contributed by atoms with Crippen molar-refractivity contribution in [3.63, 3.8) is 0 Å². The zero-order valence-corrected chi connectivity index (χ0v) is 6.45. The molecular formula is C5H14N4O2. The monoisotopic (exact) mass is 162 g/mol. The molecule has 0 saturated heterocycles. The van der Waals surface area contributed by atoms with Crippen molar-refractivity contribution in [1.29, 1.82) is 0 Å². The van der Waals surface area contributed by atoms with Crippen molar-refractivity contribution in [1.82, 2.24) is 5.43 Å². The Balaban J connectivity index is 3.50. The lowest BCUT2D eigenvalue weighted by Crippen LogP contribution is -2.38. The molecule has 0 spiro atoms. The second-order valence-electron chi connectivity index (χ2n) is 1.98. The third-order valence-corrected chi connectivity index (χ3v) is 0.979. The first kappa shape index (κ1) is 10.2. The lowest BCUT2D eigenvalue weighted by atomic mass is 10.4. The molecule has 0 aliphatic heterocycles. The molecule has 0 radical (unpaired) electrons. The van der Waals surface area contributed by atoms with Crippen molar-refractivity contribution in [3.8, 4) is 0 Å². The number of methoxy groups -OCH3 is 1. The lowest BCUT2D eigenvalue weighted by molar-refractivity contribution is 0.0704. The predicted molar refractivity (Wildman–Crippen MR) is 41.7 cm³/mol. The number of nitrogens with zero attached hydrogens (tertiary/aromatic N) is 1. The van der Waals surface area contributed by atoms with E-state index in [0.717, 1.165) is 0 Å². The Kier molecular flexibility index (Phi) is 5.44. The van der Waals surface area contributed by atoms with E-state index < -0.39 is 6.10 Å². The van der Waals surface area contributed by atoms with Gasteiger partial charge in [-0.05, 0) is 0 Å². The SMILES string of the molecule is COCC(O)CN=C(N)NN. The fourth-order valence-corrected chi connectivity index (χ4v) is 0.494. The van der Waals surface area contributed by atoms with Crippen molar-refractivity contribution < 1.29 is 9.84 Å². The molecule has 0 aliphatic carbocycles. The van der Waals surface area contributed by atoms with Gasteiger partial charge in [0.05, 0.1) is 19.3 Å². The number of ether oxygens (including phenoxy) is 1. The van der Waals surface area contributed by atoms with Gasteiger partial charge in [-0.15, -0.1) is 0 Å². The van der Waals surface area contributed by atoms with E-state index in [-0.39, 0.29) is 19.1 Å². The minimum Gasteiger partial charge on any atom is -0.389 e. The molecule has 0 rings (SSSR count). The minimum atomic E-state index is -0.633. The number of nitrogens with one attached hydrogen (secondary N) is 1. The number of aliphatic hydroxyl groups excluding tert-OH is 1. The predicted octanol–water partition coefficient (Wildman–Crippen LogP) is -2.23. The van der Waals surface area contributed by atoms with Gasteiger partial charge in [-0.25, -0.2) is 10.8 Å². The van der Waals surface area contributed by atoms with E-state index in [4.69, 9.17) is 16.7 Å². The van der Waals surface area contributed by atoms with Gasteiger partial charge in [-0.2, -0.15) is 0 Å². The lowest BCUT2D eigenvalue weighted by Gasteiger charge is -2.05. The van der Waals surface area contributed by atoms with Crippen molar-refractivity contribution in [2.75, 3.05) is 20.3 Å². The van der Waals surface area contributed by atoms with Crippen molar-refractivity contribution in [2.24, 2.45) is 16.6 Å². The van der Waals surface area contributed by atoms with E-state index in [0.29, 0.717) is 0 Å². The van der Waals surface area contributed by atoms with Crippen molar-refractivity contribution in [3.05, 3.63) is 0 Å². The summed E-state index contributed by atoms with van der Waals surface area (Å²) in [5.41, 5.74) is 7.32. The third kappa shape index (κ3) is 5.59. The van der Waals surface area contributed by atoms with E-state index in [2.05, 4.69) is 15.2 Å². The molecular weight excluding hydrogens is 148 g/mol. The molecule has 0 aromatic heterocycles. The smallest absolute Gasteiger partial charge is 0.203 e. The molecule has 11 heavy (non-hydrogen) atoms. The average molecular weight is 162 g/mol. The van der Waals surface area contributed by atoms with Gasteiger partial charge in [-0.1, -0.05) is 0 Å². The zero-order valence-electron chi connectivity index (χ0n) is 6.45. The Morgan fingerprint density at radius 3 is 2.91 bits per heavy atom. The number of hydrogen-bond donors (Lipinski definition) is 4. The molecule has 66 valence electrons. The molecule has 0 heterocycles. The van der Waals surface area contributed by atoms with Crippen LogP contribution in [0.5, 0.6) is 0 Å². The third-order valence-electron chi connectivity index (χ3n) is 0.979. The highest BCUT2D eigenvalue weighted by atomic mass is 16.5. The molecule has 0 aliphatic rings. The fourth-order valence-electron chi connectivity index (χ4n) is 0.494. The zero-order chi connectivity index (χ0) is 8.69. The van der Waals surface area contributed by atoms with Crippen LogP contribution in [0.15, 0.2) is 4.99 Å². The van der Waals surface area contributed by atoms with Gasteiger partial charge in [0.25, 0.3) is 0 Å². The first-order valence-corrected chi connectivity index (χ1v) is 3.14. The number of nitrogens with two attached hydrogens (primary N) is 2. The van der Waals surface area contributed by atoms with E-state index in [1.807, 2.05) is 0 Å². The van der Waals surface area contributed by atoms with Crippen LogP contribution in [-0.4, -0.2) is 37.4 Å². The number of hydrazine groups is 1. The number of hydrogen-bond acceptors (Lipinski definition) is 4. The van der Waals surface area contributed by atoms with E-state index in [1.54, 1.807) is 0 Å². The Hall–Kier alpha value is -0.850. The topological polar surface area (TPSA) is 106 Å². The highest BCUT2D eigenvalue weighted by Gasteiger charge is 2.00. The van der Waals surface area contributed by atoms with Crippen LogP contribution in [0.2, 0.25) is 0 Å². The van der Waals surface area contributed by atoms with E-state index in [9.17, 15) is 0 Å². The van der Waals surface area contributed by atoms with Crippen LogP contribution < -0.4 is 17.0 Å². The van der Waals surface area contributed by atoms with Crippen molar-refractivity contribution in [2.45, 2.75) is 6.10 Å². The van der Waals surface area contributed by atoms with Gasteiger partial charge in [0.15, 0.2) is 0 Å². The molecule has 0 aromatic carbocycles. The highest BCUT2D eigenvalue weighted by molar-refractivity contribution is 5.77. The van der Waals surface area contributed by atoms with Crippen LogP contribution >= 0.6 is 0 Å². The van der Waals surface area contributed by atoms with Gasteiger partial charge >= 0.3 is 0 Å². The van der Waals surface area contributed by atoms with Crippen LogP contribution in [-0.2, 0) is 4.74 Å². The number of aliphatic hydroxyl groups is 1. The summed E-state index contributed by atoms with van der Waals surface area (Å²) in [6.45, 7) is 0.422. The first-order chi connectivity index (χ1) is 5.20. The molecule has 6 N–H and O–H groups in total. The maximum absolute atomic E-state index is 9.04. The molecule has 0 saturated carbocycles. The molecule has 0 bridgehead atoms. The average Bonchev–Trinajstić information content (AvgIpc) is 2.01. The summed E-state index contributed by atoms with van der Waals surface area (Å²) in [6, 6.07) is 0. The maximum atomic E-state index is 9.04. The van der Waals surface area contributed by atoms with Crippen LogP contribution in [0, 0.1) is 0 Å². The summed E-state index contributed by atoms with van der Waals surface area (Å²) < 4.78 is 4.66. The normalized spacial score (nSPS) is 14.6. The van der Waals surface area contributed by atoms with Crippen LogP contribution in [0.25, 0.3) is 0 Å². The minimum absolute atomic E-state index is 0.0974. The molecule has 1 unspecified atom stereocenters. The van der Waals surface area contributed by atoms with Crippen LogP contribution in [0.3, 0.4) is 0 Å². The standard InChI is InChI=1S/C5H14N4O2/c1-11-3-4(10)2-8-5(6)9-7/h4,10H,2-3,7H2,1H3,(H3,6,8,9). The van der Waals surface area contributed by atoms with Gasteiger partial charge in [0.1, 0.15) is 0 Å². The number of guanidine groups is 1. The summed E-state index contributed by atoms with van der Waals surface area (Å²) in [7, 11) is 1.50. The Morgan fingerprint density at radius 2 is 2.45 bits per heavy atom. The first-order valence-electron chi connectivity index (χ1n) is 3.14. The molecule has 0 aromatic rings. The summed E-state index contributed by atoms with van der Waals surface area (Å²) in [6.07, 6.45) is -0.633. The quantitative estimate of drug-likeness (QED) is 0.162. The van der Waals surface area contributed by atoms with Crippen LogP contribution in [0.1, 0.15) is 0 Å². The highest BCUT2D eigenvalue weighted by Crippen LogP contribution is 1.83. The molecule has 0 amide bonds. The van der Waals surface area contributed by atoms with E-state index >= 15 is 0 Å². The van der Waals surface area contributed by atoms with Crippen molar-refractivity contribution >= 4 is 5.96 Å². The second kappa shape index (κ2) is 5.90. The Morgan fingerprint density at radius 1 is 1.82 bits per heavy atom. The second-order valence-corrected chi connectivity index (χ2v) is 1.98. The van der Waals surface area contributed by atoms with Crippen LogP contribution in [0.4, 0.5) is 0 Å². The van der Waals surface area contributed by atoms with Gasteiger partial charge in [-0.3, -0.25) is 5.43 Å². The van der Waals surface area contributed by atoms with E-state index in [1.165, 1.54) is 7.11 Å². The molecule has 6 nitrogen and oxygen atoms in total. The molecule has 1 atom stereocenters. The van der Waals surface area contributed by atoms with Gasteiger partial charge in [0.2, 0.25) is 5.96 Å². The summed E-state index contributed by atoms with van der Waals surface area (Å²) >= 11 is 0. The summed E-state index contributed by atoms with van der Waals surface area (Å²) in [5.74, 6) is 5.01. The fraction of sp³-hybridized carbons (Fsp3) is 0.800. The largest absolute Gasteiger partial charge is 0.389 e. The Labute approximate surface area is 65.2 Å².